The summed E-state index contributed by atoms with van der Waals surface area (Å²) in [5.74, 6) is -1.75. The highest BCUT2D eigenvalue weighted by Gasteiger charge is 2.28. The fourth-order valence-electron chi connectivity index (χ4n) is 2.74. The van der Waals surface area contributed by atoms with Gasteiger partial charge in [-0.05, 0) is 32.8 Å². The molecule has 0 aliphatic rings. The molecule has 0 saturated heterocycles. The summed E-state index contributed by atoms with van der Waals surface area (Å²) in [7, 11) is -8.29. The van der Waals surface area contributed by atoms with Gasteiger partial charge in [-0.3, -0.25) is 13.5 Å². The van der Waals surface area contributed by atoms with Crippen LogP contribution >= 0.6 is 0 Å². The number of rotatable bonds is 13. The second kappa shape index (κ2) is 12.7. The lowest BCUT2D eigenvalue weighted by atomic mass is 9.94. The first kappa shape index (κ1) is 30.8. The molecule has 0 aliphatic heterocycles. The van der Waals surface area contributed by atoms with Crippen molar-refractivity contribution in [3.05, 3.63) is 35.9 Å². The van der Waals surface area contributed by atoms with Crippen LogP contribution in [-0.2, 0) is 40.4 Å². The SMILES string of the molecule is CC(C)(CNC(=O)[C@H](Cc1ccccc1)NC(=O)OC(C)(C)C)COS(=O)(=O)CCCS(=O)(=O)O. The molecule has 0 aliphatic carbocycles. The Labute approximate surface area is 207 Å². The molecular formula is C22H36N2O9S2. The number of amides is 2. The van der Waals surface area contributed by atoms with E-state index in [1.165, 1.54) is 0 Å². The summed E-state index contributed by atoms with van der Waals surface area (Å²) >= 11 is 0. The van der Waals surface area contributed by atoms with Gasteiger partial charge in [0.2, 0.25) is 5.91 Å². The second-order valence-corrected chi connectivity index (χ2v) is 13.3. The van der Waals surface area contributed by atoms with Crippen LogP contribution in [-0.4, -0.2) is 69.7 Å². The number of ether oxygens (including phenoxy) is 1. The summed E-state index contributed by atoms with van der Waals surface area (Å²) < 4.78 is 64.4. The number of hydrogen-bond donors (Lipinski definition) is 3. The van der Waals surface area contributed by atoms with Crippen molar-refractivity contribution in [3.63, 3.8) is 0 Å². The smallest absolute Gasteiger partial charge is 0.408 e. The molecule has 200 valence electrons. The van der Waals surface area contributed by atoms with E-state index in [0.717, 1.165) is 5.56 Å². The first-order chi connectivity index (χ1) is 15.9. The van der Waals surface area contributed by atoms with Gasteiger partial charge in [0.05, 0.1) is 18.1 Å². The molecular weight excluding hydrogens is 500 g/mol. The lowest BCUT2D eigenvalue weighted by Crippen LogP contribution is -2.51. The van der Waals surface area contributed by atoms with Crippen LogP contribution in [0.5, 0.6) is 0 Å². The van der Waals surface area contributed by atoms with Crippen LogP contribution in [0.3, 0.4) is 0 Å². The zero-order valence-corrected chi connectivity index (χ0v) is 22.4. The molecule has 0 unspecified atom stereocenters. The normalized spacial score (nSPS) is 13.7. The molecule has 1 atom stereocenters. The molecule has 0 bridgehead atoms. The molecule has 2 amide bonds. The van der Waals surface area contributed by atoms with E-state index in [1.54, 1.807) is 34.6 Å². The van der Waals surface area contributed by atoms with Crippen LogP contribution in [0.2, 0.25) is 0 Å². The summed E-state index contributed by atoms with van der Waals surface area (Å²) in [6, 6.07) is 8.17. The van der Waals surface area contributed by atoms with E-state index in [2.05, 4.69) is 10.6 Å². The Morgan fingerprint density at radius 3 is 2.14 bits per heavy atom. The van der Waals surface area contributed by atoms with E-state index in [4.69, 9.17) is 13.5 Å². The fourth-order valence-corrected chi connectivity index (χ4v) is 4.54. The van der Waals surface area contributed by atoms with Crippen molar-refractivity contribution >= 4 is 32.2 Å². The van der Waals surface area contributed by atoms with E-state index >= 15 is 0 Å². The number of hydrogen-bond acceptors (Lipinski definition) is 8. The first-order valence-corrected chi connectivity index (χ1v) is 14.2. The molecule has 1 rings (SSSR count). The summed E-state index contributed by atoms with van der Waals surface area (Å²) in [4.78, 5) is 25.2. The van der Waals surface area contributed by atoms with Crippen molar-refractivity contribution in [2.24, 2.45) is 5.41 Å². The van der Waals surface area contributed by atoms with Gasteiger partial charge in [-0.2, -0.15) is 16.8 Å². The summed E-state index contributed by atoms with van der Waals surface area (Å²) in [6.07, 6.45) is -0.840. The van der Waals surface area contributed by atoms with Crippen LogP contribution in [0.15, 0.2) is 30.3 Å². The molecule has 0 fully saturated rings. The highest BCUT2D eigenvalue weighted by atomic mass is 32.2. The van der Waals surface area contributed by atoms with Gasteiger partial charge in [0.1, 0.15) is 11.6 Å². The van der Waals surface area contributed by atoms with Crippen molar-refractivity contribution in [2.45, 2.75) is 59.1 Å². The maximum absolute atomic E-state index is 12.9. The first-order valence-electron chi connectivity index (χ1n) is 11.0. The molecule has 13 heteroatoms. The van der Waals surface area contributed by atoms with E-state index in [1.807, 2.05) is 30.3 Å². The maximum atomic E-state index is 12.9. The number of carbonyl (C=O) groups excluding carboxylic acids is 2. The van der Waals surface area contributed by atoms with Crippen LogP contribution in [0, 0.1) is 5.41 Å². The Morgan fingerprint density at radius 2 is 1.60 bits per heavy atom. The predicted octanol–water partition coefficient (Wildman–Crippen LogP) is 1.89. The van der Waals surface area contributed by atoms with Gasteiger partial charge in [0, 0.05) is 18.4 Å². The Hall–Kier alpha value is -2.22. The minimum Gasteiger partial charge on any atom is -0.444 e. The summed E-state index contributed by atoms with van der Waals surface area (Å²) in [5, 5.41) is 5.29. The topological polar surface area (TPSA) is 165 Å². The van der Waals surface area contributed by atoms with E-state index in [0.29, 0.717) is 0 Å². The average Bonchev–Trinajstić information content (AvgIpc) is 2.68. The second-order valence-electron chi connectivity index (χ2n) is 9.93. The molecule has 0 heterocycles. The third-order valence-corrected chi connectivity index (χ3v) is 6.53. The van der Waals surface area contributed by atoms with Gasteiger partial charge < -0.3 is 15.4 Å². The van der Waals surface area contributed by atoms with Crippen molar-refractivity contribution in [1.82, 2.24) is 10.6 Å². The zero-order valence-electron chi connectivity index (χ0n) is 20.7. The van der Waals surface area contributed by atoms with Crippen molar-refractivity contribution in [3.8, 4) is 0 Å². The predicted molar refractivity (Wildman–Crippen MR) is 131 cm³/mol. The summed E-state index contributed by atoms with van der Waals surface area (Å²) in [6.45, 7) is 8.23. The van der Waals surface area contributed by atoms with Gasteiger partial charge in [-0.15, -0.1) is 0 Å². The van der Waals surface area contributed by atoms with Crippen molar-refractivity contribution < 1.29 is 39.9 Å². The minimum absolute atomic E-state index is 0.0354. The molecule has 0 spiro atoms. The number of carbonyl (C=O) groups is 2. The Kier molecular flexibility index (Phi) is 11.1. The van der Waals surface area contributed by atoms with Gasteiger partial charge >= 0.3 is 6.09 Å². The Balaban J connectivity index is 2.73. The minimum atomic E-state index is -4.26. The van der Waals surface area contributed by atoms with E-state index < -0.39 is 60.8 Å². The quantitative estimate of drug-likeness (QED) is 0.252. The maximum Gasteiger partial charge on any atom is 0.408 e. The average molecular weight is 537 g/mol. The van der Waals surface area contributed by atoms with Gasteiger partial charge in [0.25, 0.3) is 20.2 Å². The molecule has 0 radical (unpaired) electrons. The van der Waals surface area contributed by atoms with Crippen molar-refractivity contribution in [1.29, 1.82) is 0 Å². The van der Waals surface area contributed by atoms with Crippen molar-refractivity contribution in [2.75, 3.05) is 24.7 Å². The highest BCUT2D eigenvalue weighted by Crippen LogP contribution is 2.16. The monoisotopic (exact) mass is 536 g/mol. The summed E-state index contributed by atoms with van der Waals surface area (Å²) in [5.41, 5.74) is -0.735. The highest BCUT2D eigenvalue weighted by molar-refractivity contribution is 7.87. The Morgan fingerprint density at radius 1 is 1.00 bits per heavy atom. The van der Waals surface area contributed by atoms with Crippen LogP contribution in [0.25, 0.3) is 0 Å². The molecule has 0 saturated carbocycles. The third kappa shape index (κ3) is 14.7. The van der Waals surface area contributed by atoms with E-state index in [9.17, 15) is 26.4 Å². The standard InChI is InChI=1S/C22H36N2O9S2/c1-21(2,3)33-20(26)24-18(14-17-10-7-6-8-11-17)19(25)23-15-22(4,5)16-32-35(30,31)13-9-12-34(27,28)29/h6-8,10-11,18H,9,12-16H2,1-5H3,(H,23,25)(H,24,26)(H,27,28,29)/t18-/m0/s1. The van der Waals surface area contributed by atoms with Gasteiger partial charge in [0.15, 0.2) is 0 Å². The van der Waals surface area contributed by atoms with Crippen LogP contribution in [0.1, 0.15) is 46.6 Å². The Bertz CT molecular complexity index is 1050. The third-order valence-electron chi connectivity index (χ3n) is 4.46. The van der Waals surface area contributed by atoms with Gasteiger partial charge in [-0.1, -0.05) is 44.2 Å². The molecule has 1 aromatic rings. The molecule has 11 nitrogen and oxygen atoms in total. The number of nitrogens with one attached hydrogen (secondary N) is 2. The van der Waals surface area contributed by atoms with Crippen LogP contribution < -0.4 is 10.6 Å². The molecule has 3 N–H and O–H groups in total. The van der Waals surface area contributed by atoms with Crippen LogP contribution in [0.4, 0.5) is 4.79 Å². The largest absolute Gasteiger partial charge is 0.444 e. The zero-order chi connectivity index (χ0) is 26.9. The molecule has 1 aromatic carbocycles. The molecule has 0 aromatic heterocycles. The lowest BCUT2D eigenvalue weighted by Gasteiger charge is -2.27. The van der Waals surface area contributed by atoms with E-state index in [-0.39, 0.29) is 26.0 Å². The fraction of sp³-hybridized carbons (Fsp3) is 0.636. The molecule has 35 heavy (non-hydrogen) atoms. The number of alkyl carbamates (subject to hydrolysis) is 1. The lowest BCUT2D eigenvalue weighted by molar-refractivity contribution is -0.123. The van der Waals surface area contributed by atoms with Gasteiger partial charge in [-0.25, -0.2) is 4.79 Å². The number of benzene rings is 1.